The molecule has 0 spiro atoms. The largest absolute Gasteiger partial charge is 0.435 e. The minimum absolute atomic E-state index is 0.0117. The molecule has 0 aliphatic rings. The van der Waals surface area contributed by atoms with Crippen LogP contribution < -0.4 is 10.5 Å². The molecular weight excluding hydrogens is 266 g/mol. The molecule has 2 N–H and O–H groups in total. The number of amides is 1. The van der Waals surface area contributed by atoms with Gasteiger partial charge in [0.05, 0.1) is 0 Å². The van der Waals surface area contributed by atoms with Crippen LogP contribution >= 0.6 is 0 Å². The van der Waals surface area contributed by atoms with Crippen molar-refractivity contribution in [2.75, 3.05) is 20.1 Å². The van der Waals surface area contributed by atoms with Gasteiger partial charge in [-0.25, -0.2) is 0 Å². The molecule has 6 heteroatoms. The second kappa shape index (κ2) is 8.47. The molecule has 0 saturated heterocycles. The lowest BCUT2D eigenvalue weighted by Gasteiger charge is -2.17. The molecule has 0 atom stereocenters. The second-order valence-corrected chi connectivity index (χ2v) is 4.48. The van der Waals surface area contributed by atoms with E-state index in [4.69, 9.17) is 5.73 Å². The van der Waals surface area contributed by atoms with E-state index in [2.05, 4.69) is 4.74 Å². The molecule has 0 aromatic heterocycles. The number of benzene rings is 1. The van der Waals surface area contributed by atoms with E-state index in [1.165, 1.54) is 18.2 Å². The molecule has 4 nitrogen and oxygen atoms in total. The molecule has 0 saturated carbocycles. The minimum Gasteiger partial charge on any atom is -0.435 e. The highest BCUT2D eigenvalue weighted by molar-refractivity contribution is 5.94. The van der Waals surface area contributed by atoms with Gasteiger partial charge in [-0.15, -0.1) is 0 Å². The van der Waals surface area contributed by atoms with E-state index in [0.29, 0.717) is 18.7 Å². The van der Waals surface area contributed by atoms with E-state index < -0.39 is 6.61 Å². The van der Waals surface area contributed by atoms with Crippen molar-refractivity contribution in [3.63, 3.8) is 0 Å². The van der Waals surface area contributed by atoms with Crippen LogP contribution in [0, 0.1) is 0 Å². The molecule has 0 unspecified atom stereocenters. The average Bonchev–Trinajstić information content (AvgIpc) is 2.42. The number of hydrogen-bond acceptors (Lipinski definition) is 3. The summed E-state index contributed by atoms with van der Waals surface area (Å²) in [6, 6.07) is 5.82. The van der Waals surface area contributed by atoms with Gasteiger partial charge in [-0.05, 0) is 37.6 Å². The number of hydrogen-bond donors (Lipinski definition) is 1. The van der Waals surface area contributed by atoms with Gasteiger partial charge >= 0.3 is 6.61 Å². The summed E-state index contributed by atoms with van der Waals surface area (Å²) in [5, 5.41) is 0. The van der Waals surface area contributed by atoms with Crippen molar-refractivity contribution in [1.29, 1.82) is 0 Å². The molecule has 0 bridgehead atoms. The van der Waals surface area contributed by atoms with Crippen molar-refractivity contribution in [3.05, 3.63) is 29.8 Å². The molecule has 1 rings (SSSR count). The Labute approximate surface area is 117 Å². The summed E-state index contributed by atoms with van der Waals surface area (Å²) in [6.07, 6.45) is 2.76. The summed E-state index contributed by atoms with van der Waals surface area (Å²) in [6.45, 7) is -1.64. The number of rotatable bonds is 8. The van der Waals surface area contributed by atoms with Gasteiger partial charge < -0.3 is 15.4 Å². The lowest BCUT2D eigenvalue weighted by molar-refractivity contribution is -0.0499. The molecule has 20 heavy (non-hydrogen) atoms. The second-order valence-electron chi connectivity index (χ2n) is 4.48. The normalized spacial score (nSPS) is 10.7. The Morgan fingerprint density at radius 2 is 2.10 bits per heavy atom. The Hall–Kier alpha value is -1.69. The molecule has 1 amide bonds. The van der Waals surface area contributed by atoms with Crippen LogP contribution in [-0.4, -0.2) is 37.6 Å². The smallest absolute Gasteiger partial charge is 0.387 e. The summed E-state index contributed by atoms with van der Waals surface area (Å²) in [5.74, 6) is -0.222. The predicted octanol–water partition coefficient (Wildman–Crippen LogP) is 2.49. The fourth-order valence-electron chi connectivity index (χ4n) is 1.80. The molecule has 0 radical (unpaired) electrons. The fraction of sp³-hybridized carbons (Fsp3) is 0.500. The molecule has 1 aromatic rings. The SMILES string of the molecule is CN(CCCCCN)C(=O)c1cccc(OC(F)F)c1. The van der Waals surface area contributed by atoms with E-state index in [9.17, 15) is 13.6 Å². The summed E-state index contributed by atoms with van der Waals surface area (Å²) in [5.41, 5.74) is 5.73. The number of halogens is 2. The zero-order chi connectivity index (χ0) is 15.0. The van der Waals surface area contributed by atoms with E-state index in [1.54, 1.807) is 18.0 Å². The zero-order valence-corrected chi connectivity index (χ0v) is 11.5. The van der Waals surface area contributed by atoms with E-state index >= 15 is 0 Å². The first-order valence-corrected chi connectivity index (χ1v) is 6.55. The van der Waals surface area contributed by atoms with Gasteiger partial charge in [-0.1, -0.05) is 12.5 Å². The van der Waals surface area contributed by atoms with Gasteiger partial charge in [0.1, 0.15) is 5.75 Å². The summed E-state index contributed by atoms with van der Waals surface area (Å²) >= 11 is 0. The van der Waals surface area contributed by atoms with Gasteiger partial charge in [-0.3, -0.25) is 4.79 Å². The first-order chi connectivity index (χ1) is 9.54. The van der Waals surface area contributed by atoms with E-state index in [-0.39, 0.29) is 11.7 Å². The zero-order valence-electron chi connectivity index (χ0n) is 11.5. The Bertz CT molecular complexity index is 427. The van der Waals surface area contributed by atoms with Crippen molar-refractivity contribution in [2.24, 2.45) is 5.73 Å². The van der Waals surface area contributed by atoms with Crippen LogP contribution in [-0.2, 0) is 0 Å². The fourth-order valence-corrected chi connectivity index (χ4v) is 1.80. The number of unbranched alkanes of at least 4 members (excludes halogenated alkanes) is 2. The van der Waals surface area contributed by atoms with E-state index in [0.717, 1.165) is 19.3 Å². The van der Waals surface area contributed by atoms with Crippen LogP contribution in [0.4, 0.5) is 8.78 Å². The number of nitrogens with two attached hydrogens (primary N) is 1. The molecule has 0 aliphatic carbocycles. The first kappa shape index (κ1) is 16.4. The molecule has 0 heterocycles. The molecule has 0 fully saturated rings. The standard InChI is InChI=1S/C14H20F2N2O2/c1-18(9-4-2-3-8-17)13(19)11-6-5-7-12(10-11)20-14(15)16/h5-7,10,14H,2-4,8-9,17H2,1H3. The topological polar surface area (TPSA) is 55.6 Å². The highest BCUT2D eigenvalue weighted by Crippen LogP contribution is 2.17. The Kier molecular flexibility index (Phi) is 6.93. The van der Waals surface area contributed by atoms with Gasteiger partial charge in [0.25, 0.3) is 5.91 Å². The number of ether oxygens (including phenoxy) is 1. The quantitative estimate of drug-likeness (QED) is 0.747. The third kappa shape index (κ3) is 5.52. The monoisotopic (exact) mass is 286 g/mol. The van der Waals surface area contributed by atoms with Gasteiger partial charge in [0, 0.05) is 19.2 Å². The van der Waals surface area contributed by atoms with Gasteiger partial charge in [-0.2, -0.15) is 8.78 Å². The lowest BCUT2D eigenvalue weighted by atomic mass is 10.1. The maximum atomic E-state index is 12.1. The van der Waals surface area contributed by atoms with Crippen molar-refractivity contribution >= 4 is 5.91 Å². The highest BCUT2D eigenvalue weighted by atomic mass is 19.3. The molecular formula is C14H20F2N2O2. The van der Waals surface area contributed by atoms with E-state index in [1.807, 2.05) is 0 Å². The van der Waals surface area contributed by atoms with Gasteiger partial charge in [0.15, 0.2) is 0 Å². The highest BCUT2D eigenvalue weighted by Gasteiger charge is 2.13. The maximum Gasteiger partial charge on any atom is 0.387 e. The first-order valence-electron chi connectivity index (χ1n) is 6.55. The number of carbonyl (C=O) groups is 1. The summed E-state index contributed by atoms with van der Waals surface area (Å²) in [4.78, 5) is 13.7. The summed E-state index contributed by atoms with van der Waals surface area (Å²) in [7, 11) is 1.69. The van der Waals surface area contributed by atoms with Crippen LogP contribution in [0.3, 0.4) is 0 Å². The lowest BCUT2D eigenvalue weighted by Crippen LogP contribution is -2.27. The Morgan fingerprint density at radius 3 is 2.75 bits per heavy atom. The predicted molar refractivity (Wildman–Crippen MR) is 72.9 cm³/mol. The number of carbonyl (C=O) groups excluding carboxylic acids is 1. The van der Waals surface area contributed by atoms with Crippen molar-refractivity contribution < 1.29 is 18.3 Å². The minimum atomic E-state index is -2.89. The third-order valence-electron chi connectivity index (χ3n) is 2.85. The molecule has 1 aromatic carbocycles. The molecule has 112 valence electrons. The van der Waals surface area contributed by atoms with Crippen molar-refractivity contribution in [2.45, 2.75) is 25.9 Å². The maximum absolute atomic E-state index is 12.1. The van der Waals surface area contributed by atoms with Crippen LogP contribution in [0.1, 0.15) is 29.6 Å². The number of alkyl halides is 2. The van der Waals surface area contributed by atoms with Crippen LogP contribution in [0.25, 0.3) is 0 Å². The Balaban J connectivity index is 2.57. The van der Waals surface area contributed by atoms with Crippen molar-refractivity contribution in [1.82, 2.24) is 4.90 Å². The average molecular weight is 286 g/mol. The van der Waals surface area contributed by atoms with Gasteiger partial charge in [0.2, 0.25) is 0 Å². The summed E-state index contributed by atoms with van der Waals surface area (Å²) < 4.78 is 28.5. The van der Waals surface area contributed by atoms with Crippen molar-refractivity contribution in [3.8, 4) is 5.75 Å². The van der Waals surface area contributed by atoms with Crippen LogP contribution in [0.2, 0.25) is 0 Å². The molecule has 0 aliphatic heterocycles. The van der Waals surface area contributed by atoms with Crippen LogP contribution in [0.5, 0.6) is 5.75 Å². The Morgan fingerprint density at radius 1 is 1.35 bits per heavy atom. The van der Waals surface area contributed by atoms with Crippen LogP contribution in [0.15, 0.2) is 24.3 Å². The third-order valence-corrected chi connectivity index (χ3v) is 2.85. The number of nitrogens with zero attached hydrogens (tertiary/aromatic N) is 1.